The maximum Gasteiger partial charge on any atom is 0.251 e. The van der Waals surface area contributed by atoms with Crippen LogP contribution in [0.2, 0.25) is 0 Å². The van der Waals surface area contributed by atoms with E-state index in [1.165, 1.54) is 0 Å². The van der Waals surface area contributed by atoms with E-state index < -0.39 is 0 Å². The summed E-state index contributed by atoms with van der Waals surface area (Å²) in [7, 11) is 0. The summed E-state index contributed by atoms with van der Waals surface area (Å²) >= 11 is 1.54. The van der Waals surface area contributed by atoms with Crippen molar-refractivity contribution in [2.45, 2.75) is 12.8 Å². The zero-order valence-corrected chi connectivity index (χ0v) is 13.5. The quantitative estimate of drug-likeness (QED) is 0.670. The predicted octanol–water partition coefficient (Wildman–Crippen LogP) is 3.89. The Labute approximate surface area is 139 Å². The van der Waals surface area contributed by atoms with E-state index in [0.717, 1.165) is 28.8 Å². The molecule has 0 atom stereocenters. The number of nitrogens with one attached hydrogen (secondary N) is 1. The first-order chi connectivity index (χ1) is 11.3. The number of benzene rings is 2. The molecule has 23 heavy (non-hydrogen) atoms. The van der Waals surface area contributed by atoms with Crippen LogP contribution >= 0.6 is 11.3 Å². The normalized spacial score (nSPS) is 10.6. The molecule has 3 rings (SSSR count). The average Bonchev–Trinajstić information content (AvgIpc) is 3.06. The van der Waals surface area contributed by atoms with E-state index in [2.05, 4.69) is 10.3 Å². The van der Waals surface area contributed by atoms with Gasteiger partial charge < -0.3 is 10.1 Å². The number of unbranched alkanes of at least 4 members (excludes halogenated alkanes) is 1. The second kappa shape index (κ2) is 7.74. The van der Waals surface area contributed by atoms with Crippen molar-refractivity contribution < 1.29 is 9.53 Å². The molecular weight excluding hydrogens is 308 g/mol. The van der Waals surface area contributed by atoms with Gasteiger partial charge in [-0.05, 0) is 43.2 Å². The molecule has 0 bridgehead atoms. The minimum atomic E-state index is -0.0377. The number of thiazole rings is 1. The lowest BCUT2D eigenvalue weighted by atomic mass is 10.2. The summed E-state index contributed by atoms with van der Waals surface area (Å²) in [5.74, 6) is 0.846. The van der Waals surface area contributed by atoms with Crippen LogP contribution in [-0.2, 0) is 0 Å². The van der Waals surface area contributed by atoms with E-state index in [-0.39, 0.29) is 5.91 Å². The van der Waals surface area contributed by atoms with Crippen LogP contribution in [0.4, 0.5) is 0 Å². The molecule has 118 valence electrons. The van der Waals surface area contributed by atoms with Crippen LogP contribution in [0.15, 0.2) is 54.0 Å². The summed E-state index contributed by atoms with van der Waals surface area (Å²) in [6.45, 7) is 1.31. The van der Waals surface area contributed by atoms with Crippen LogP contribution in [-0.4, -0.2) is 24.0 Å². The highest BCUT2D eigenvalue weighted by molar-refractivity contribution is 7.16. The zero-order valence-electron chi connectivity index (χ0n) is 12.7. The summed E-state index contributed by atoms with van der Waals surface area (Å²) in [5.41, 5.74) is 3.41. The van der Waals surface area contributed by atoms with E-state index in [1.54, 1.807) is 16.8 Å². The van der Waals surface area contributed by atoms with Crippen LogP contribution in [0, 0.1) is 0 Å². The third-order valence-corrected chi connectivity index (χ3v) is 4.25. The lowest BCUT2D eigenvalue weighted by molar-refractivity contribution is 0.0952. The highest BCUT2D eigenvalue weighted by Gasteiger charge is 2.06. The van der Waals surface area contributed by atoms with Crippen molar-refractivity contribution in [2.75, 3.05) is 13.2 Å². The molecule has 1 N–H and O–H groups in total. The molecule has 2 aromatic carbocycles. The van der Waals surface area contributed by atoms with Crippen LogP contribution < -0.4 is 10.1 Å². The van der Waals surface area contributed by atoms with Crippen molar-refractivity contribution in [3.8, 4) is 5.75 Å². The third kappa shape index (κ3) is 4.29. The second-order valence-corrected chi connectivity index (χ2v) is 6.05. The van der Waals surface area contributed by atoms with Gasteiger partial charge in [-0.25, -0.2) is 4.98 Å². The van der Waals surface area contributed by atoms with Crippen molar-refractivity contribution in [3.05, 3.63) is 59.6 Å². The topological polar surface area (TPSA) is 51.2 Å². The van der Waals surface area contributed by atoms with Crippen molar-refractivity contribution in [1.29, 1.82) is 0 Å². The molecule has 0 saturated heterocycles. The molecule has 0 fully saturated rings. The van der Waals surface area contributed by atoms with E-state index in [9.17, 15) is 4.79 Å². The van der Waals surface area contributed by atoms with Gasteiger partial charge in [0.15, 0.2) is 0 Å². The summed E-state index contributed by atoms with van der Waals surface area (Å²) in [5, 5.41) is 2.94. The minimum absolute atomic E-state index is 0.0377. The molecule has 0 radical (unpaired) electrons. The van der Waals surface area contributed by atoms with Crippen LogP contribution in [0.25, 0.3) is 10.2 Å². The van der Waals surface area contributed by atoms with Gasteiger partial charge in [-0.2, -0.15) is 0 Å². The minimum Gasteiger partial charge on any atom is -0.494 e. The number of rotatable bonds is 7. The van der Waals surface area contributed by atoms with Crippen molar-refractivity contribution in [1.82, 2.24) is 10.3 Å². The SMILES string of the molecule is O=C(NCCCCOc1ccccc1)c1ccc2ncsc2c1. The number of aromatic nitrogens is 1. The van der Waals surface area contributed by atoms with E-state index >= 15 is 0 Å². The number of para-hydroxylation sites is 1. The van der Waals surface area contributed by atoms with Gasteiger partial charge in [-0.3, -0.25) is 4.79 Å². The largest absolute Gasteiger partial charge is 0.494 e. The maximum absolute atomic E-state index is 12.1. The van der Waals surface area contributed by atoms with Crippen LogP contribution in [0.5, 0.6) is 5.75 Å². The van der Waals surface area contributed by atoms with Gasteiger partial charge in [-0.15, -0.1) is 11.3 Å². The first-order valence-electron chi connectivity index (χ1n) is 7.62. The Balaban J connectivity index is 1.37. The molecule has 0 spiro atoms. The number of hydrogen-bond acceptors (Lipinski definition) is 4. The van der Waals surface area contributed by atoms with Gasteiger partial charge >= 0.3 is 0 Å². The van der Waals surface area contributed by atoms with E-state index in [1.807, 2.05) is 48.5 Å². The smallest absolute Gasteiger partial charge is 0.251 e. The second-order valence-electron chi connectivity index (χ2n) is 5.16. The Morgan fingerprint density at radius 2 is 2.00 bits per heavy atom. The van der Waals surface area contributed by atoms with Crippen LogP contribution in [0.3, 0.4) is 0 Å². The summed E-state index contributed by atoms with van der Waals surface area (Å²) in [4.78, 5) is 16.3. The number of carbonyl (C=O) groups excluding carboxylic acids is 1. The molecule has 0 aliphatic rings. The van der Waals surface area contributed by atoms with Gasteiger partial charge in [0.25, 0.3) is 5.91 Å². The molecule has 0 aliphatic carbocycles. The molecule has 1 aromatic heterocycles. The summed E-state index contributed by atoms with van der Waals surface area (Å²) in [6, 6.07) is 15.3. The van der Waals surface area contributed by atoms with E-state index in [0.29, 0.717) is 18.7 Å². The van der Waals surface area contributed by atoms with Crippen molar-refractivity contribution >= 4 is 27.5 Å². The lowest BCUT2D eigenvalue weighted by Crippen LogP contribution is -2.24. The van der Waals surface area contributed by atoms with Crippen molar-refractivity contribution in [3.63, 3.8) is 0 Å². The lowest BCUT2D eigenvalue weighted by Gasteiger charge is -2.07. The molecule has 0 aliphatic heterocycles. The van der Waals surface area contributed by atoms with E-state index in [4.69, 9.17) is 4.74 Å². The maximum atomic E-state index is 12.1. The summed E-state index contributed by atoms with van der Waals surface area (Å²) in [6.07, 6.45) is 1.80. The number of amides is 1. The van der Waals surface area contributed by atoms with Crippen LogP contribution in [0.1, 0.15) is 23.2 Å². The highest BCUT2D eigenvalue weighted by atomic mass is 32.1. The Morgan fingerprint density at radius 1 is 1.13 bits per heavy atom. The molecule has 4 nitrogen and oxygen atoms in total. The van der Waals surface area contributed by atoms with Gasteiger partial charge in [0.05, 0.1) is 22.3 Å². The first-order valence-corrected chi connectivity index (χ1v) is 8.50. The fourth-order valence-electron chi connectivity index (χ4n) is 2.23. The van der Waals surface area contributed by atoms with Gasteiger partial charge in [0, 0.05) is 12.1 Å². The fraction of sp³-hybridized carbons (Fsp3) is 0.222. The Morgan fingerprint density at radius 3 is 2.87 bits per heavy atom. The van der Waals surface area contributed by atoms with Gasteiger partial charge in [0.1, 0.15) is 5.75 Å². The first kappa shape index (κ1) is 15.5. The fourth-order valence-corrected chi connectivity index (χ4v) is 2.95. The Hall–Kier alpha value is -2.40. The number of hydrogen-bond donors (Lipinski definition) is 1. The molecule has 0 saturated carbocycles. The Bertz CT molecular complexity index is 771. The number of ether oxygens (including phenoxy) is 1. The molecular formula is C18H18N2O2S. The molecule has 0 unspecified atom stereocenters. The number of fused-ring (bicyclic) bond motifs is 1. The van der Waals surface area contributed by atoms with Gasteiger partial charge in [-0.1, -0.05) is 18.2 Å². The molecule has 1 heterocycles. The Kier molecular flexibility index (Phi) is 5.21. The molecule has 1 amide bonds. The number of nitrogens with zero attached hydrogens (tertiary/aromatic N) is 1. The zero-order chi connectivity index (χ0) is 15.9. The monoisotopic (exact) mass is 326 g/mol. The predicted molar refractivity (Wildman–Crippen MR) is 93.1 cm³/mol. The number of carbonyl (C=O) groups is 1. The third-order valence-electron chi connectivity index (χ3n) is 3.46. The summed E-state index contributed by atoms with van der Waals surface area (Å²) < 4.78 is 6.65. The standard InChI is InChI=1S/C18H18N2O2S/c21-18(14-8-9-16-17(12-14)23-13-20-16)19-10-4-5-11-22-15-6-2-1-3-7-15/h1-3,6-9,12-13H,4-5,10-11H2,(H,19,21). The molecule has 5 heteroatoms. The highest BCUT2D eigenvalue weighted by Crippen LogP contribution is 2.19. The van der Waals surface area contributed by atoms with Crippen molar-refractivity contribution in [2.24, 2.45) is 0 Å². The average molecular weight is 326 g/mol. The van der Waals surface area contributed by atoms with Gasteiger partial charge in [0.2, 0.25) is 0 Å². The molecule has 3 aromatic rings.